The average Bonchev–Trinajstić information content (AvgIpc) is 2.94. The van der Waals surface area contributed by atoms with Crippen molar-refractivity contribution in [3.63, 3.8) is 0 Å². The van der Waals surface area contributed by atoms with Crippen LogP contribution in [0.5, 0.6) is 0 Å². The molecule has 2 aromatic rings. The zero-order valence-electron chi connectivity index (χ0n) is 11.5. The minimum absolute atomic E-state index is 0.0521. The first-order valence-corrected chi connectivity index (χ1v) is 7.97. The van der Waals surface area contributed by atoms with E-state index in [0.717, 1.165) is 0 Å². The monoisotopic (exact) mass is 302 g/mol. The van der Waals surface area contributed by atoms with Crippen LogP contribution in [0.2, 0.25) is 0 Å². The normalized spacial score (nSPS) is 11.0. The van der Waals surface area contributed by atoms with Gasteiger partial charge in [0.1, 0.15) is 0 Å². The highest BCUT2D eigenvalue weighted by molar-refractivity contribution is 7.91. The van der Waals surface area contributed by atoms with Crippen LogP contribution in [0.4, 0.5) is 0 Å². The van der Waals surface area contributed by atoms with Crippen molar-refractivity contribution >= 4 is 15.6 Å². The van der Waals surface area contributed by atoms with Crippen molar-refractivity contribution in [2.45, 2.75) is 18.4 Å². The van der Waals surface area contributed by atoms with Crippen LogP contribution in [0.3, 0.4) is 0 Å². The Hall–Kier alpha value is -2.39. The molecular weight excluding hydrogens is 288 g/mol. The number of benzene rings is 1. The van der Waals surface area contributed by atoms with Crippen LogP contribution < -0.4 is 0 Å². The second-order valence-electron chi connectivity index (χ2n) is 4.65. The summed E-state index contributed by atoms with van der Waals surface area (Å²) in [4.78, 5) is 11.4. The van der Waals surface area contributed by atoms with Gasteiger partial charge < -0.3 is 4.57 Å². The van der Waals surface area contributed by atoms with E-state index in [0.29, 0.717) is 11.1 Å². The first-order valence-electron chi connectivity index (χ1n) is 6.32. The van der Waals surface area contributed by atoms with Gasteiger partial charge in [-0.15, -0.1) is 0 Å². The lowest BCUT2D eigenvalue weighted by Gasteiger charge is -2.05. The van der Waals surface area contributed by atoms with E-state index < -0.39 is 9.84 Å². The molecule has 0 aliphatic heterocycles. The number of sulfone groups is 1. The summed E-state index contributed by atoms with van der Waals surface area (Å²) in [6, 6.07) is 9.44. The van der Waals surface area contributed by atoms with Crippen LogP contribution in [-0.4, -0.2) is 24.5 Å². The van der Waals surface area contributed by atoms with Gasteiger partial charge in [-0.3, -0.25) is 4.79 Å². The van der Waals surface area contributed by atoms with Crippen LogP contribution >= 0.6 is 0 Å². The fourth-order valence-corrected chi connectivity index (χ4v) is 3.11. The summed E-state index contributed by atoms with van der Waals surface area (Å²) in [6.07, 6.45) is 3.32. The van der Waals surface area contributed by atoms with Crippen molar-refractivity contribution in [2.75, 3.05) is 5.75 Å². The third-order valence-electron chi connectivity index (χ3n) is 3.12. The Morgan fingerprint density at radius 3 is 2.43 bits per heavy atom. The van der Waals surface area contributed by atoms with E-state index in [-0.39, 0.29) is 23.0 Å². The zero-order valence-corrected chi connectivity index (χ0v) is 12.3. The molecule has 2 rings (SSSR count). The van der Waals surface area contributed by atoms with Gasteiger partial charge >= 0.3 is 0 Å². The molecule has 21 heavy (non-hydrogen) atoms. The number of rotatable bonds is 5. The van der Waals surface area contributed by atoms with Crippen LogP contribution in [0, 0.1) is 11.3 Å². The van der Waals surface area contributed by atoms with Crippen molar-refractivity contribution in [3.8, 4) is 6.07 Å². The maximum absolute atomic E-state index is 12.2. The van der Waals surface area contributed by atoms with E-state index in [2.05, 4.69) is 0 Å². The third kappa shape index (κ3) is 3.58. The van der Waals surface area contributed by atoms with Crippen molar-refractivity contribution in [1.29, 1.82) is 5.26 Å². The molecule has 1 heterocycles. The van der Waals surface area contributed by atoms with Crippen molar-refractivity contribution < 1.29 is 13.2 Å². The molecule has 1 aromatic heterocycles. The molecule has 0 amide bonds. The molecule has 0 saturated carbocycles. The summed E-state index contributed by atoms with van der Waals surface area (Å²) >= 11 is 0. The van der Waals surface area contributed by atoms with Gasteiger partial charge in [-0.05, 0) is 37.3 Å². The van der Waals surface area contributed by atoms with Crippen molar-refractivity contribution in [1.82, 2.24) is 4.57 Å². The summed E-state index contributed by atoms with van der Waals surface area (Å²) in [5.41, 5.74) is 0.983. The van der Waals surface area contributed by atoms with Gasteiger partial charge in [0.05, 0.1) is 22.3 Å². The Morgan fingerprint density at radius 1 is 1.24 bits per heavy atom. The Kier molecular flexibility index (Phi) is 4.24. The maximum atomic E-state index is 12.2. The fourth-order valence-electron chi connectivity index (χ4n) is 1.87. The first-order chi connectivity index (χ1) is 9.92. The number of hydrogen-bond donors (Lipinski definition) is 0. The minimum atomic E-state index is -3.41. The molecule has 0 aliphatic rings. The fraction of sp³-hybridized carbons (Fsp3) is 0.200. The van der Waals surface area contributed by atoms with E-state index in [1.807, 2.05) is 6.07 Å². The van der Waals surface area contributed by atoms with Crippen LogP contribution in [-0.2, 0) is 16.4 Å². The molecule has 0 bridgehead atoms. The molecule has 108 valence electrons. The quantitative estimate of drug-likeness (QED) is 0.792. The summed E-state index contributed by atoms with van der Waals surface area (Å²) in [6.45, 7) is 1.74. The Morgan fingerprint density at radius 2 is 1.90 bits per heavy atom. The van der Waals surface area contributed by atoms with Gasteiger partial charge in [0, 0.05) is 24.5 Å². The number of Topliss-reactive ketones (excluding diaryl/α,β-unsaturated/α-hetero) is 1. The highest BCUT2D eigenvalue weighted by Crippen LogP contribution is 2.13. The minimum Gasteiger partial charge on any atom is -0.352 e. The topological polar surface area (TPSA) is 79.9 Å². The number of aryl methyl sites for hydroxylation is 1. The van der Waals surface area contributed by atoms with Crippen LogP contribution in [0.25, 0.3) is 0 Å². The number of nitriles is 1. The van der Waals surface area contributed by atoms with Gasteiger partial charge in [-0.1, -0.05) is 0 Å². The Bertz CT molecular complexity index is 796. The van der Waals surface area contributed by atoms with E-state index in [9.17, 15) is 13.2 Å². The Labute approximate surface area is 123 Å². The molecule has 0 aliphatic carbocycles. The van der Waals surface area contributed by atoms with Gasteiger partial charge in [-0.2, -0.15) is 5.26 Å². The van der Waals surface area contributed by atoms with E-state index in [1.165, 1.54) is 31.2 Å². The molecule has 0 atom stereocenters. The standard InChI is InChI=1S/C15H14N2O3S/c1-12(18)14-6-7-17(11-14)8-9-21(19,20)15-4-2-13(10-16)3-5-15/h2-7,11H,8-9H2,1H3. The van der Waals surface area contributed by atoms with E-state index in [1.54, 1.807) is 23.0 Å². The molecule has 0 spiro atoms. The van der Waals surface area contributed by atoms with Gasteiger partial charge in [0.25, 0.3) is 0 Å². The van der Waals surface area contributed by atoms with E-state index >= 15 is 0 Å². The molecule has 0 fully saturated rings. The third-order valence-corrected chi connectivity index (χ3v) is 4.83. The predicted molar refractivity (Wildman–Crippen MR) is 77.6 cm³/mol. The lowest BCUT2D eigenvalue weighted by molar-refractivity contribution is 0.101. The number of carbonyl (C=O) groups is 1. The van der Waals surface area contributed by atoms with Gasteiger partial charge in [-0.25, -0.2) is 8.42 Å². The molecule has 0 saturated heterocycles. The molecule has 0 radical (unpaired) electrons. The number of carbonyl (C=O) groups excluding carboxylic acids is 1. The van der Waals surface area contributed by atoms with E-state index in [4.69, 9.17) is 5.26 Å². The maximum Gasteiger partial charge on any atom is 0.180 e. The van der Waals surface area contributed by atoms with Gasteiger partial charge in [0.15, 0.2) is 15.6 Å². The first kappa shape index (κ1) is 15.0. The molecule has 0 unspecified atom stereocenters. The smallest absolute Gasteiger partial charge is 0.180 e. The molecule has 0 N–H and O–H groups in total. The second-order valence-corrected chi connectivity index (χ2v) is 6.76. The summed E-state index contributed by atoms with van der Waals surface area (Å²) in [5.74, 6) is -0.117. The number of nitrogens with zero attached hydrogens (tertiary/aromatic N) is 2. The summed E-state index contributed by atoms with van der Waals surface area (Å²) in [5, 5.41) is 8.70. The lowest BCUT2D eigenvalue weighted by atomic mass is 10.2. The highest BCUT2D eigenvalue weighted by Gasteiger charge is 2.14. The predicted octanol–water partition coefficient (Wildman–Crippen LogP) is 2.04. The second kappa shape index (κ2) is 5.94. The summed E-state index contributed by atoms with van der Waals surface area (Å²) < 4.78 is 26.0. The largest absolute Gasteiger partial charge is 0.352 e. The molecular formula is C15H14N2O3S. The summed E-state index contributed by atoms with van der Waals surface area (Å²) in [7, 11) is -3.41. The molecule has 1 aromatic carbocycles. The molecule has 6 heteroatoms. The van der Waals surface area contributed by atoms with Crippen LogP contribution in [0.15, 0.2) is 47.6 Å². The van der Waals surface area contributed by atoms with Crippen molar-refractivity contribution in [2.24, 2.45) is 0 Å². The molecule has 5 nitrogen and oxygen atoms in total. The average molecular weight is 302 g/mol. The zero-order chi connectivity index (χ0) is 15.5. The highest BCUT2D eigenvalue weighted by atomic mass is 32.2. The van der Waals surface area contributed by atoms with Crippen molar-refractivity contribution in [3.05, 3.63) is 53.9 Å². The van der Waals surface area contributed by atoms with Gasteiger partial charge in [0.2, 0.25) is 0 Å². The Balaban J connectivity index is 2.09. The number of ketones is 1. The lowest BCUT2D eigenvalue weighted by Crippen LogP contribution is -2.12. The SMILES string of the molecule is CC(=O)c1ccn(CCS(=O)(=O)c2ccc(C#N)cc2)c1. The number of aromatic nitrogens is 1. The van der Waals surface area contributed by atoms with Crippen LogP contribution in [0.1, 0.15) is 22.8 Å². The number of hydrogen-bond acceptors (Lipinski definition) is 4.